The third-order valence-corrected chi connectivity index (χ3v) is 3.30. The fourth-order valence-corrected chi connectivity index (χ4v) is 2.22. The Morgan fingerprint density at radius 3 is 2.67 bits per heavy atom. The number of methoxy groups -OCH3 is 1. The van der Waals surface area contributed by atoms with Crippen molar-refractivity contribution >= 4 is 11.8 Å². The molecule has 1 heterocycles. The van der Waals surface area contributed by atoms with Crippen LogP contribution in [0.5, 0.6) is 0 Å². The summed E-state index contributed by atoms with van der Waals surface area (Å²) < 4.78 is 5.17. The van der Waals surface area contributed by atoms with Crippen LogP contribution in [-0.4, -0.2) is 48.6 Å². The molecule has 0 aromatic carbocycles. The van der Waals surface area contributed by atoms with E-state index >= 15 is 0 Å². The van der Waals surface area contributed by atoms with Crippen LogP contribution in [0.25, 0.3) is 0 Å². The van der Waals surface area contributed by atoms with Gasteiger partial charge in [0.05, 0.1) is 12.6 Å². The molecule has 2 rings (SSSR count). The van der Waals surface area contributed by atoms with E-state index in [4.69, 9.17) is 4.74 Å². The van der Waals surface area contributed by atoms with Crippen LogP contribution in [0.2, 0.25) is 0 Å². The van der Waals surface area contributed by atoms with Crippen LogP contribution in [-0.2, 0) is 14.3 Å². The van der Waals surface area contributed by atoms with Crippen molar-refractivity contribution in [2.45, 2.75) is 38.0 Å². The van der Waals surface area contributed by atoms with Gasteiger partial charge in [-0.25, -0.2) is 0 Å². The molecule has 1 unspecified atom stereocenters. The molecule has 0 aromatic rings. The third-order valence-electron chi connectivity index (χ3n) is 3.30. The van der Waals surface area contributed by atoms with Crippen molar-refractivity contribution in [2.75, 3.05) is 13.7 Å². The predicted octanol–water partition coefficient (Wildman–Crippen LogP) is -0.489. The molecule has 2 aliphatic rings. The standard InChI is InChI=1S/C10H16N2O3/c1-6-10(14)11-5-9(13)12(6)7-3-8(4-7)15-2/h6-8H,3-5H2,1-2H3,(H,11,14). The van der Waals surface area contributed by atoms with E-state index in [9.17, 15) is 9.59 Å². The SMILES string of the molecule is COC1CC(N2C(=O)CNC(=O)C2C)C1. The lowest BCUT2D eigenvalue weighted by Crippen LogP contribution is -2.63. The maximum Gasteiger partial charge on any atom is 0.242 e. The van der Waals surface area contributed by atoms with Gasteiger partial charge in [-0.3, -0.25) is 9.59 Å². The lowest BCUT2D eigenvalue weighted by Gasteiger charge is -2.46. The second kappa shape index (κ2) is 3.81. The molecule has 15 heavy (non-hydrogen) atoms. The van der Waals surface area contributed by atoms with Gasteiger partial charge in [-0.2, -0.15) is 0 Å². The van der Waals surface area contributed by atoms with Crippen molar-refractivity contribution in [3.63, 3.8) is 0 Å². The Bertz CT molecular complexity index is 286. The van der Waals surface area contributed by atoms with Crippen LogP contribution < -0.4 is 5.32 Å². The Morgan fingerprint density at radius 2 is 2.07 bits per heavy atom. The highest BCUT2D eigenvalue weighted by Gasteiger charge is 2.42. The fraction of sp³-hybridized carbons (Fsp3) is 0.800. The monoisotopic (exact) mass is 212 g/mol. The number of rotatable bonds is 2. The Kier molecular flexibility index (Phi) is 2.65. The Balaban J connectivity index is 2.00. The summed E-state index contributed by atoms with van der Waals surface area (Å²) in [5.41, 5.74) is 0. The number of hydrogen-bond acceptors (Lipinski definition) is 3. The van der Waals surface area contributed by atoms with Gasteiger partial charge in [0.2, 0.25) is 11.8 Å². The Labute approximate surface area is 88.8 Å². The van der Waals surface area contributed by atoms with Crippen LogP contribution in [0.4, 0.5) is 0 Å². The van der Waals surface area contributed by atoms with Crippen molar-refractivity contribution < 1.29 is 14.3 Å². The summed E-state index contributed by atoms with van der Waals surface area (Å²) in [4.78, 5) is 24.8. The number of nitrogens with one attached hydrogen (secondary N) is 1. The molecule has 2 fully saturated rings. The van der Waals surface area contributed by atoms with Crippen LogP contribution >= 0.6 is 0 Å². The van der Waals surface area contributed by atoms with E-state index in [2.05, 4.69) is 5.32 Å². The second-order valence-corrected chi connectivity index (χ2v) is 4.18. The number of nitrogens with zero attached hydrogens (tertiary/aromatic N) is 1. The lowest BCUT2D eigenvalue weighted by molar-refractivity contribution is -0.153. The van der Waals surface area contributed by atoms with Gasteiger partial charge in [0.25, 0.3) is 0 Å². The zero-order valence-electron chi connectivity index (χ0n) is 9.03. The van der Waals surface area contributed by atoms with E-state index in [-0.39, 0.29) is 36.5 Å². The number of amides is 2. The number of carbonyl (C=O) groups is 2. The fourth-order valence-electron chi connectivity index (χ4n) is 2.22. The smallest absolute Gasteiger partial charge is 0.242 e. The van der Waals surface area contributed by atoms with Gasteiger partial charge in [0.15, 0.2) is 0 Å². The molecule has 1 atom stereocenters. The molecule has 5 heteroatoms. The molecule has 0 aromatic heterocycles. The molecule has 5 nitrogen and oxygen atoms in total. The highest BCUT2D eigenvalue weighted by molar-refractivity contribution is 5.94. The minimum absolute atomic E-state index is 0.0154. The quantitative estimate of drug-likeness (QED) is 0.672. The van der Waals surface area contributed by atoms with Crippen LogP contribution in [0.3, 0.4) is 0 Å². The predicted molar refractivity (Wildman–Crippen MR) is 53.1 cm³/mol. The number of piperazine rings is 1. The maximum absolute atomic E-state index is 11.6. The van der Waals surface area contributed by atoms with E-state index in [0.717, 1.165) is 12.8 Å². The molecule has 1 saturated heterocycles. The lowest BCUT2D eigenvalue weighted by atomic mass is 9.86. The van der Waals surface area contributed by atoms with Crippen LogP contribution in [0.15, 0.2) is 0 Å². The molecule has 0 bridgehead atoms. The van der Waals surface area contributed by atoms with Gasteiger partial charge < -0.3 is 15.0 Å². The first-order valence-corrected chi connectivity index (χ1v) is 5.25. The maximum atomic E-state index is 11.6. The highest BCUT2D eigenvalue weighted by atomic mass is 16.5. The van der Waals surface area contributed by atoms with Gasteiger partial charge in [0.1, 0.15) is 6.04 Å². The van der Waals surface area contributed by atoms with Crippen molar-refractivity contribution in [2.24, 2.45) is 0 Å². The summed E-state index contributed by atoms with van der Waals surface area (Å²) in [6.07, 6.45) is 1.94. The van der Waals surface area contributed by atoms with Crippen LogP contribution in [0.1, 0.15) is 19.8 Å². The normalized spacial score (nSPS) is 36.1. The second-order valence-electron chi connectivity index (χ2n) is 4.18. The molecular formula is C10H16N2O3. The Morgan fingerprint density at radius 1 is 1.40 bits per heavy atom. The summed E-state index contributed by atoms with van der Waals surface area (Å²) in [5.74, 6) is -0.0443. The molecule has 84 valence electrons. The largest absolute Gasteiger partial charge is 0.381 e. The summed E-state index contributed by atoms with van der Waals surface area (Å²) >= 11 is 0. The minimum Gasteiger partial charge on any atom is -0.381 e. The molecule has 1 saturated carbocycles. The molecule has 0 spiro atoms. The first-order valence-electron chi connectivity index (χ1n) is 5.25. The molecule has 1 aliphatic carbocycles. The topological polar surface area (TPSA) is 58.6 Å². The van der Waals surface area contributed by atoms with Crippen molar-refractivity contribution in [1.29, 1.82) is 0 Å². The summed E-state index contributed by atoms with van der Waals surface area (Å²) in [7, 11) is 1.68. The average molecular weight is 212 g/mol. The number of hydrogen-bond donors (Lipinski definition) is 1. The van der Waals surface area contributed by atoms with Crippen molar-refractivity contribution in [3.8, 4) is 0 Å². The highest BCUT2D eigenvalue weighted by Crippen LogP contribution is 2.30. The molecular weight excluding hydrogens is 196 g/mol. The molecule has 0 radical (unpaired) electrons. The molecule has 1 N–H and O–H groups in total. The van der Waals surface area contributed by atoms with E-state index in [0.29, 0.717) is 0 Å². The van der Waals surface area contributed by atoms with E-state index in [1.54, 1.807) is 18.9 Å². The van der Waals surface area contributed by atoms with Crippen LogP contribution in [0, 0.1) is 0 Å². The van der Waals surface area contributed by atoms with Crippen molar-refractivity contribution in [3.05, 3.63) is 0 Å². The average Bonchev–Trinajstić information content (AvgIpc) is 2.15. The van der Waals surface area contributed by atoms with Crippen molar-refractivity contribution in [1.82, 2.24) is 10.2 Å². The van der Waals surface area contributed by atoms with E-state index in [1.165, 1.54) is 0 Å². The van der Waals surface area contributed by atoms with Gasteiger partial charge in [-0.1, -0.05) is 0 Å². The molecule has 2 amide bonds. The first kappa shape index (κ1) is 10.4. The third kappa shape index (κ3) is 1.71. The van der Waals surface area contributed by atoms with E-state index in [1.807, 2.05) is 0 Å². The summed E-state index contributed by atoms with van der Waals surface area (Å²) in [6.45, 7) is 1.91. The Hall–Kier alpha value is -1.10. The molecule has 1 aliphatic heterocycles. The van der Waals surface area contributed by atoms with Gasteiger partial charge in [-0.05, 0) is 19.8 Å². The zero-order valence-corrected chi connectivity index (χ0v) is 9.03. The zero-order chi connectivity index (χ0) is 11.0. The van der Waals surface area contributed by atoms with Gasteiger partial charge in [-0.15, -0.1) is 0 Å². The minimum atomic E-state index is -0.339. The summed E-state index contributed by atoms with van der Waals surface area (Å²) in [6, 6.07) is -0.155. The van der Waals surface area contributed by atoms with Gasteiger partial charge in [0, 0.05) is 13.2 Å². The number of ether oxygens (including phenoxy) is 1. The number of carbonyl (C=O) groups excluding carboxylic acids is 2. The van der Waals surface area contributed by atoms with Gasteiger partial charge >= 0.3 is 0 Å². The first-order chi connectivity index (χ1) is 7.13. The summed E-state index contributed by atoms with van der Waals surface area (Å²) in [5, 5.41) is 2.58. The van der Waals surface area contributed by atoms with E-state index < -0.39 is 0 Å².